The van der Waals surface area contributed by atoms with Crippen LogP contribution in [0.25, 0.3) is 0 Å². The molecule has 1 amide bonds. The molecule has 7 nitrogen and oxygen atoms in total. The predicted molar refractivity (Wildman–Crippen MR) is 114 cm³/mol. The first-order chi connectivity index (χ1) is 14.5. The standard InChI is InChI=1S/C21H23FN4O3S/c1-4-26-19(12-29-18-8-6-5-7-17(18)28-3)24-25-21(26)30-13-20(27)23-16-11-15(22)10-9-14(16)2/h5-11H,4,12-13H2,1-3H3,(H,23,27). The van der Waals surface area contributed by atoms with Gasteiger partial charge in [-0.15, -0.1) is 10.2 Å². The van der Waals surface area contributed by atoms with E-state index in [9.17, 15) is 9.18 Å². The molecule has 0 bridgehead atoms. The minimum atomic E-state index is -0.394. The van der Waals surface area contributed by atoms with Crippen molar-refractivity contribution in [2.45, 2.75) is 32.2 Å². The number of para-hydroxylation sites is 2. The monoisotopic (exact) mass is 430 g/mol. The molecule has 0 fully saturated rings. The summed E-state index contributed by atoms with van der Waals surface area (Å²) in [5.41, 5.74) is 1.26. The van der Waals surface area contributed by atoms with E-state index in [4.69, 9.17) is 9.47 Å². The molecule has 0 radical (unpaired) electrons. The van der Waals surface area contributed by atoms with Crippen LogP contribution in [0.15, 0.2) is 47.6 Å². The van der Waals surface area contributed by atoms with Crippen molar-refractivity contribution in [2.75, 3.05) is 18.2 Å². The van der Waals surface area contributed by atoms with Gasteiger partial charge in [-0.1, -0.05) is 30.0 Å². The molecule has 0 saturated carbocycles. The number of amides is 1. The van der Waals surface area contributed by atoms with Gasteiger partial charge >= 0.3 is 0 Å². The number of halogens is 1. The van der Waals surface area contributed by atoms with Gasteiger partial charge < -0.3 is 19.4 Å². The number of nitrogens with zero attached hydrogens (tertiary/aromatic N) is 3. The summed E-state index contributed by atoms with van der Waals surface area (Å²) in [6, 6.07) is 11.7. The predicted octanol–water partition coefficient (Wildman–Crippen LogP) is 4.06. The van der Waals surface area contributed by atoms with Crippen LogP contribution >= 0.6 is 11.8 Å². The van der Waals surface area contributed by atoms with Crippen molar-refractivity contribution < 1.29 is 18.7 Å². The number of anilines is 1. The normalized spacial score (nSPS) is 10.7. The summed E-state index contributed by atoms with van der Waals surface area (Å²) < 4.78 is 26.4. The largest absolute Gasteiger partial charge is 0.493 e. The van der Waals surface area contributed by atoms with E-state index in [-0.39, 0.29) is 18.3 Å². The maximum Gasteiger partial charge on any atom is 0.234 e. The van der Waals surface area contributed by atoms with Crippen LogP contribution in [-0.4, -0.2) is 33.5 Å². The Balaban J connectivity index is 1.61. The van der Waals surface area contributed by atoms with Crippen LogP contribution in [0.4, 0.5) is 10.1 Å². The molecule has 3 rings (SSSR count). The summed E-state index contributed by atoms with van der Waals surface area (Å²) in [4.78, 5) is 12.3. The zero-order valence-electron chi connectivity index (χ0n) is 17.0. The molecule has 0 aliphatic carbocycles. The topological polar surface area (TPSA) is 78.3 Å². The van der Waals surface area contributed by atoms with Gasteiger partial charge in [0.1, 0.15) is 12.4 Å². The molecule has 2 aromatic carbocycles. The van der Waals surface area contributed by atoms with Gasteiger partial charge in [-0.05, 0) is 43.7 Å². The van der Waals surface area contributed by atoms with Gasteiger partial charge in [0.15, 0.2) is 22.5 Å². The number of methoxy groups -OCH3 is 1. The summed E-state index contributed by atoms with van der Waals surface area (Å²) in [5.74, 6) is 1.39. The Labute approximate surface area is 178 Å². The molecule has 0 aliphatic rings. The number of nitrogens with one attached hydrogen (secondary N) is 1. The van der Waals surface area contributed by atoms with Crippen molar-refractivity contribution in [3.63, 3.8) is 0 Å². The lowest BCUT2D eigenvalue weighted by Gasteiger charge is -2.11. The van der Waals surface area contributed by atoms with Crippen LogP contribution in [-0.2, 0) is 17.9 Å². The van der Waals surface area contributed by atoms with Crippen LogP contribution < -0.4 is 14.8 Å². The van der Waals surface area contributed by atoms with Crippen LogP contribution in [0, 0.1) is 12.7 Å². The fraction of sp³-hybridized carbons (Fsp3) is 0.286. The Hall–Kier alpha value is -3.07. The van der Waals surface area contributed by atoms with E-state index in [0.717, 1.165) is 5.56 Å². The van der Waals surface area contributed by atoms with E-state index < -0.39 is 5.82 Å². The first-order valence-electron chi connectivity index (χ1n) is 9.38. The molecule has 1 heterocycles. The second kappa shape index (κ2) is 10.1. The molecule has 0 spiro atoms. The Morgan fingerprint density at radius 1 is 1.20 bits per heavy atom. The number of carbonyl (C=O) groups excluding carboxylic acids is 1. The Morgan fingerprint density at radius 2 is 1.97 bits per heavy atom. The summed E-state index contributed by atoms with van der Waals surface area (Å²) in [6.45, 7) is 4.63. The summed E-state index contributed by atoms with van der Waals surface area (Å²) >= 11 is 1.26. The van der Waals surface area contributed by atoms with Crippen molar-refractivity contribution in [3.05, 3.63) is 59.7 Å². The first kappa shape index (κ1) is 21.6. The number of aromatic nitrogens is 3. The number of rotatable bonds is 9. The third kappa shape index (κ3) is 5.29. The van der Waals surface area contributed by atoms with Crippen molar-refractivity contribution >= 4 is 23.4 Å². The zero-order chi connectivity index (χ0) is 21.5. The maximum absolute atomic E-state index is 13.4. The van der Waals surface area contributed by atoms with Gasteiger partial charge in [-0.2, -0.15) is 0 Å². The molecule has 158 valence electrons. The number of ether oxygens (including phenoxy) is 2. The third-order valence-corrected chi connectivity index (χ3v) is 5.31. The molecule has 30 heavy (non-hydrogen) atoms. The Morgan fingerprint density at radius 3 is 2.70 bits per heavy atom. The maximum atomic E-state index is 13.4. The molecule has 0 saturated heterocycles. The minimum Gasteiger partial charge on any atom is -0.493 e. The average molecular weight is 431 g/mol. The molecule has 1 aromatic heterocycles. The van der Waals surface area contributed by atoms with Crippen LogP contribution in [0.3, 0.4) is 0 Å². The number of benzene rings is 2. The average Bonchev–Trinajstić information content (AvgIpc) is 3.15. The Kier molecular flexibility index (Phi) is 7.29. The second-order valence-electron chi connectivity index (χ2n) is 6.38. The van der Waals surface area contributed by atoms with Crippen molar-refractivity contribution in [1.82, 2.24) is 14.8 Å². The molecule has 0 aliphatic heterocycles. The lowest BCUT2D eigenvalue weighted by molar-refractivity contribution is -0.113. The van der Waals surface area contributed by atoms with Gasteiger partial charge in [0.05, 0.1) is 12.9 Å². The highest BCUT2D eigenvalue weighted by atomic mass is 32.2. The number of aryl methyl sites for hydroxylation is 1. The molecule has 0 unspecified atom stereocenters. The van der Waals surface area contributed by atoms with E-state index >= 15 is 0 Å². The number of hydrogen-bond acceptors (Lipinski definition) is 6. The molecular formula is C21H23FN4O3S. The highest BCUT2D eigenvalue weighted by molar-refractivity contribution is 7.99. The van der Waals surface area contributed by atoms with Gasteiger partial charge in [0, 0.05) is 12.2 Å². The van der Waals surface area contributed by atoms with Crippen LogP contribution in [0.2, 0.25) is 0 Å². The zero-order valence-corrected chi connectivity index (χ0v) is 17.8. The molecule has 9 heteroatoms. The second-order valence-corrected chi connectivity index (χ2v) is 7.32. The van der Waals surface area contributed by atoms with Gasteiger partial charge in [0.2, 0.25) is 5.91 Å². The highest BCUT2D eigenvalue weighted by Gasteiger charge is 2.15. The van der Waals surface area contributed by atoms with E-state index in [0.29, 0.717) is 34.7 Å². The summed E-state index contributed by atoms with van der Waals surface area (Å²) in [6.07, 6.45) is 0. The first-order valence-corrected chi connectivity index (χ1v) is 10.4. The fourth-order valence-electron chi connectivity index (χ4n) is 2.78. The molecule has 3 aromatic rings. The van der Waals surface area contributed by atoms with Gasteiger partial charge in [0.25, 0.3) is 0 Å². The van der Waals surface area contributed by atoms with Crippen LogP contribution in [0.1, 0.15) is 18.3 Å². The van der Waals surface area contributed by atoms with Gasteiger partial charge in [-0.3, -0.25) is 4.79 Å². The van der Waals surface area contributed by atoms with Gasteiger partial charge in [-0.25, -0.2) is 4.39 Å². The van der Waals surface area contributed by atoms with Crippen LogP contribution in [0.5, 0.6) is 11.5 Å². The van der Waals surface area contributed by atoms with E-state index in [1.807, 2.05) is 42.7 Å². The van der Waals surface area contributed by atoms with Crippen molar-refractivity contribution in [3.8, 4) is 11.5 Å². The lowest BCUT2D eigenvalue weighted by atomic mass is 10.2. The Bertz CT molecular complexity index is 1030. The minimum absolute atomic E-state index is 0.126. The highest BCUT2D eigenvalue weighted by Crippen LogP contribution is 2.27. The van der Waals surface area contributed by atoms with Crippen molar-refractivity contribution in [1.29, 1.82) is 0 Å². The smallest absolute Gasteiger partial charge is 0.234 e. The van der Waals surface area contributed by atoms with E-state index in [1.54, 1.807) is 13.2 Å². The summed E-state index contributed by atoms with van der Waals surface area (Å²) in [5, 5.41) is 11.7. The summed E-state index contributed by atoms with van der Waals surface area (Å²) in [7, 11) is 1.59. The van der Waals surface area contributed by atoms with E-state index in [2.05, 4.69) is 15.5 Å². The molecule has 1 N–H and O–H groups in total. The quantitative estimate of drug-likeness (QED) is 0.516. The molecule has 0 atom stereocenters. The van der Waals surface area contributed by atoms with E-state index in [1.165, 1.54) is 23.9 Å². The molecular weight excluding hydrogens is 407 g/mol. The number of thioether (sulfide) groups is 1. The SMILES string of the molecule is CCn1c(COc2ccccc2OC)nnc1SCC(=O)Nc1cc(F)ccc1C. The fourth-order valence-corrected chi connectivity index (χ4v) is 3.60. The number of hydrogen-bond donors (Lipinski definition) is 1. The number of carbonyl (C=O) groups is 1. The lowest BCUT2D eigenvalue weighted by Crippen LogP contribution is -2.15. The third-order valence-electron chi connectivity index (χ3n) is 4.34. The van der Waals surface area contributed by atoms with Crippen molar-refractivity contribution in [2.24, 2.45) is 0 Å².